The molecule has 0 aromatic carbocycles. The van der Waals surface area contributed by atoms with Crippen molar-refractivity contribution in [1.29, 1.82) is 0 Å². The highest BCUT2D eigenvalue weighted by atomic mass is 16.1. The third kappa shape index (κ3) is 5.61. The average molecular weight is 279 g/mol. The van der Waals surface area contributed by atoms with Gasteiger partial charge in [-0.3, -0.25) is 10.1 Å². The number of anilines is 1. The van der Waals surface area contributed by atoms with E-state index in [-0.39, 0.29) is 11.9 Å². The van der Waals surface area contributed by atoms with E-state index in [0.717, 1.165) is 37.1 Å². The third-order valence-corrected chi connectivity index (χ3v) is 3.39. The molecule has 3 N–H and O–H groups in total. The smallest absolute Gasteiger partial charge is 0.249 e. The van der Waals surface area contributed by atoms with Gasteiger partial charge in [0.15, 0.2) is 0 Å². The van der Waals surface area contributed by atoms with Crippen molar-refractivity contribution in [1.82, 2.24) is 15.2 Å². The minimum atomic E-state index is -0.0619. The Balaban J connectivity index is 2.44. The second kappa shape index (κ2) is 8.58. The lowest BCUT2D eigenvalue weighted by molar-refractivity contribution is -0.116. The number of aryl methyl sites for hydroxylation is 2. The zero-order chi connectivity index (χ0) is 15.0. The Bertz CT molecular complexity index is 430. The largest absolute Gasteiger partial charge is 0.330 e. The number of carbonyl (C=O) groups excluding carboxylic acids is 1. The minimum absolute atomic E-state index is 0.0619. The molecule has 6 heteroatoms. The SMILES string of the molecule is CCCC(CCN)CCC(=O)Nc1nnc(C)c(C)n1. The van der Waals surface area contributed by atoms with Gasteiger partial charge in [-0.15, -0.1) is 5.10 Å². The van der Waals surface area contributed by atoms with Crippen LogP contribution in [0.15, 0.2) is 0 Å². The Morgan fingerprint density at radius 2 is 1.95 bits per heavy atom. The molecule has 20 heavy (non-hydrogen) atoms. The average Bonchev–Trinajstić information content (AvgIpc) is 2.41. The van der Waals surface area contributed by atoms with E-state index in [0.29, 0.717) is 18.9 Å². The first-order valence-electron chi connectivity index (χ1n) is 7.24. The van der Waals surface area contributed by atoms with Crippen LogP contribution in [0.1, 0.15) is 50.4 Å². The summed E-state index contributed by atoms with van der Waals surface area (Å²) in [5.41, 5.74) is 7.14. The number of hydrogen-bond acceptors (Lipinski definition) is 5. The Morgan fingerprint density at radius 1 is 1.20 bits per heavy atom. The zero-order valence-corrected chi connectivity index (χ0v) is 12.6. The number of nitrogens with two attached hydrogens (primary N) is 1. The van der Waals surface area contributed by atoms with Gasteiger partial charge in [0.2, 0.25) is 11.9 Å². The van der Waals surface area contributed by atoms with Crippen molar-refractivity contribution in [3.63, 3.8) is 0 Å². The third-order valence-electron chi connectivity index (χ3n) is 3.39. The van der Waals surface area contributed by atoms with Gasteiger partial charge in [-0.25, -0.2) is 4.98 Å². The molecule has 1 atom stereocenters. The van der Waals surface area contributed by atoms with E-state index >= 15 is 0 Å². The molecule has 0 saturated heterocycles. The number of carbonyl (C=O) groups is 1. The van der Waals surface area contributed by atoms with Gasteiger partial charge in [0.1, 0.15) is 0 Å². The van der Waals surface area contributed by atoms with E-state index in [1.54, 1.807) is 0 Å². The lowest BCUT2D eigenvalue weighted by Crippen LogP contribution is -2.17. The highest BCUT2D eigenvalue weighted by molar-refractivity contribution is 5.88. The quantitative estimate of drug-likeness (QED) is 0.758. The van der Waals surface area contributed by atoms with Crippen molar-refractivity contribution >= 4 is 11.9 Å². The van der Waals surface area contributed by atoms with E-state index < -0.39 is 0 Å². The van der Waals surface area contributed by atoms with Gasteiger partial charge in [0.25, 0.3) is 0 Å². The molecular formula is C14H25N5O. The molecule has 0 fully saturated rings. The highest BCUT2D eigenvalue weighted by Gasteiger charge is 2.11. The summed E-state index contributed by atoms with van der Waals surface area (Å²) in [6.45, 7) is 6.51. The summed E-state index contributed by atoms with van der Waals surface area (Å²) in [5, 5.41) is 10.5. The molecule has 0 aliphatic rings. The summed E-state index contributed by atoms with van der Waals surface area (Å²) < 4.78 is 0. The van der Waals surface area contributed by atoms with Crippen molar-refractivity contribution in [2.45, 2.75) is 52.9 Å². The van der Waals surface area contributed by atoms with Crippen molar-refractivity contribution < 1.29 is 4.79 Å². The maximum atomic E-state index is 11.9. The molecule has 0 spiro atoms. The molecule has 1 heterocycles. The fourth-order valence-corrected chi connectivity index (χ4v) is 2.11. The molecular weight excluding hydrogens is 254 g/mol. The van der Waals surface area contributed by atoms with Crippen LogP contribution >= 0.6 is 0 Å². The van der Waals surface area contributed by atoms with Crippen LogP contribution in [-0.2, 0) is 4.79 Å². The minimum Gasteiger partial charge on any atom is -0.330 e. The van der Waals surface area contributed by atoms with Crippen LogP contribution in [0.5, 0.6) is 0 Å². The maximum Gasteiger partial charge on any atom is 0.249 e. The molecule has 0 bridgehead atoms. The summed E-state index contributed by atoms with van der Waals surface area (Å²) in [7, 11) is 0. The van der Waals surface area contributed by atoms with Crippen LogP contribution in [0.4, 0.5) is 5.95 Å². The first kappa shape index (κ1) is 16.5. The second-order valence-electron chi connectivity index (χ2n) is 5.13. The Kier molecular flexibility index (Phi) is 7.08. The standard InChI is InChI=1S/C14H25N5O/c1-4-5-12(8-9-15)6-7-13(20)17-14-16-10(2)11(3)18-19-14/h12H,4-9,15H2,1-3H3,(H,16,17,19,20). The van der Waals surface area contributed by atoms with Crippen molar-refractivity contribution in [2.75, 3.05) is 11.9 Å². The van der Waals surface area contributed by atoms with Crippen LogP contribution in [-0.4, -0.2) is 27.6 Å². The Morgan fingerprint density at radius 3 is 2.55 bits per heavy atom. The fraction of sp³-hybridized carbons (Fsp3) is 0.714. The van der Waals surface area contributed by atoms with Crippen molar-refractivity contribution in [3.05, 3.63) is 11.4 Å². The van der Waals surface area contributed by atoms with Gasteiger partial charge >= 0.3 is 0 Å². The topological polar surface area (TPSA) is 93.8 Å². The zero-order valence-electron chi connectivity index (χ0n) is 12.6. The molecule has 1 aromatic heterocycles. The first-order chi connectivity index (χ1) is 9.56. The highest BCUT2D eigenvalue weighted by Crippen LogP contribution is 2.17. The van der Waals surface area contributed by atoms with Gasteiger partial charge in [-0.2, -0.15) is 5.10 Å². The van der Waals surface area contributed by atoms with Gasteiger partial charge < -0.3 is 5.73 Å². The van der Waals surface area contributed by atoms with E-state index in [1.165, 1.54) is 0 Å². The number of nitrogens with one attached hydrogen (secondary N) is 1. The lowest BCUT2D eigenvalue weighted by Gasteiger charge is -2.14. The van der Waals surface area contributed by atoms with Crippen LogP contribution in [0.3, 0.4) is 0 Å². The molecule has 6 nitrogen and oxygen atoms in total. The van der Waals surface area contributed by atoms with Crippen LogP contribution < -0.4 is 11.1 Å². The summed E-state index contributed by atoms with van der Waals surface area (Å²) in [6.07, 6.45) is 4.54. The molecule has 1 unspecified atom stereocenters. The van der Waals surface area contributed by atoms with Crippen molar-refractivity contribution in [2.24, 2.45) is 11.7 Å². The maximum absolute atomic E-state index is 11.9. The molecule has 1 aromatic rings. The van der Waals surface area contributed by atoms with E-state index in [2.05, 4.69) is 27.4 Å². The van der Waals surface area contributed by atoms with Gasteiger partial charge in [0, 0.05) is 6.42 Å². The van der Waals surface area contributed by atoms with E-state index in [4.69, 9.17) is 5.73 Å². The molecule has 1 amide bonds. The number of rotatable bonds is 8. The summed E-state index contributed by atoms with van der Waals surface area (Å²) >= 11 is 0. The van der Waals surface area contributed by atoms with Gasteiger partial charge in [-0.1, -0.05) is 19.8 Å². The molecule has 0 saturated carbocycles. The molecule has 0 aliphatic heterocycles. The van der Waals surface area contributed by atoms with Crippen molar-refractivity contribution in [3.8, 4) is 0 Å². The normalized spacial score (nSPS) is 12.2. The van der Waals surface area contributed by atoms with Crippen LogP contribution in [0, 0.1) is 19.8 Å². The molecule has 1 rings (SSSR count). The van der Waals surface area contributed by atoms with E-state index in [1.807, 2.05) is 13.8 Å². The van der Waals surface area contributed by atoms with Crippen LogP contribution in [0.2, 0.25) is 0 Å². The fourth-order valence-electron chi connectivity index (χ4n) is 2.11. The molecule has 0 aliphatic carbocycles. The predicted octanol–water partition coefficient (Wildman–Crippen LogP) is 1.97. The number of nitrogens with zero attached hydrogens (tertiary/aromatic N) is 3. The van der Waals surface area contributed by atoms with Crippen LogP contribution in [0.25, 0.3) is 0 Å². The van der Waals surface area contributed by atoms with E-state index in [9.17, 15) is 4.79 Å². The van der Waals surface area contributed by atoms with Gasteiger partial charge in [0.05, 0.1) is 11.4 Å². The Hall–Kier alpha value is -1.56. The predicted molar refractivity (Wildman–Crippen MR) is 79.2 cm³/mol. The number of aromatic nitrogens is 3. The summed E-state index contributed by atoms with van der Waals surface area (Å²) in [5.74, 6) is 0.742. The molecule has 112 valence electrons. The molecule has 0 radical (unpaired) electrons. The second-order valence-corrected chi connectivity index (χ2v) is 5.13. The lowest BCUT2D eigenvalue weighted by atomic mass is 9.94. The summed E-state index contributed by atoms with van der Waals surface area (Å²) in [6, 6.07) is 0. The number of amides is 1. The van der Waals surface area contributed by atoms with Gasteiger partial charge in [-0.05, 0) is 39.2 Å². The first-order valence-corrected chi connectivity index (χ1v) is 7.24. The monoisotopic (exact) mass is 279 g/mol. The number of hydrogen-bond donors (Lipinski definition) is 2. The Labute approximate surface area is 120 Å². The summed E-state index contributed by atoms with van der Waals surface area (Å²) in [4.78, 5) is 16.1.